The third-order valence-corrected chi connectivity index (χ3v) is 5.31. The highest BCUT2D eigenvalue weighted by Gasteiger charge is 2.20. The zero-order valence-electron chi connectivity index (χ0n) is 17.4. The van der Waals surface area contributed by atoms with Gasteiger partial charge in [-0.05, 0) is 68.5 Å². The van der Waals surface area contributed by atoms with Crippen LogP contribution in [0.3, 0.4) is 0 Å². The smallest absolute Gasteiger partial charge is 0.203 e. The Balaban J connectivity index is 2.26. The lowest BCUT2D eigenvalue weighted by Crippen LogP contribution is -2.00. The Morgan fingerprint density at radius 2 is 1.54 bits per heavy atom. The van der Waals surface area contributed by atoms with Gasteiger partial charge in [-0.1, -0.05) is 12.1 Å². The average molecular weight is 383 g/mol. The van der Waals surface area contributed by atoms with E-state index < -0.39 is 0 Å². The molecule has 0 radical (unpaired) electrons. The van der Waals surface area contributed by atoms with Gasteiger partial charge in [0.15, 0.2) is 11.5 Å². The van der Waals surface area contributed by atoms with Gasteiger partial charge in [0.2, 0.25) is 5.75 Å². The van der Waals surface area contributed by atoms with E-state index in [-0.39, 0.29) is 0 Å². The molecule has 0 atom stereocenters. The summed E-state index contributed by atoms with van der Waals surface area (Å²) in [5, 5.41) is 1.31. The number of rotatable bonds is 8. The van der Waals surface area contributed by atoms with Crippen LogP contribution in [0.4, 0.5) is 0 Å². The summed E-state index contributed by atoms with van der Waals surface area (Å²) in [5.41, 5.74) is 12.9. The topological polar surface area (TPSA) is 69.5 Å². The minimum absolute atomic E-state index is 0.599. The molecule has 1 heterocycles. The second kappa shape index (κ2) is 8.57. The van der Waals surface area contributed by atoms with Crippen molar-refractivity contribution in [3.63, 3.8) is 0 Å². The maximum atomic E-state index is 5.74. The molecule has 28 heavy (non-hydrogen) atoms. The second-order valence-corrected chi connectivity index (χ2v) is 7.09. The van der Waals surface area contributed by atoms with Crippen LogP contribution in [-0.4, -0.2) is 32.9 Å². The summed E-state index contributed by atoms with van der Waals surface area (Å²) in [4.78, 5) is 3.67. The number of methoxy groups -OCH3 is 3. The number of unbranched alkanes of at least 4 members (excludes halogenated alkanes) is 1. The summed E-state index contributed by atoms with van der Waals surface area (Å²) in [6.07, 6.45) is 3.02. The van der Waals surface area contributed by atoms with Gasteiger partial charge in [-0.25, -0.2) is 0 Å². The van der Waals surface area contributed by atoms with E-state index >= 15 is 0 Å². The molecule has 2 aromatic carbocycles. The number of hydrogen-bond donors (Lipinski definition) is 2. The lowest BCUT2D eigenvalue weighted by Gasteiger charge is -2.14. The predicted molar refractivity (Wildman–Crippen MR) is 115 cm³/mol. The molecule has 0 aliphatic heterocycles. The van der Waals surface area contributed by atoms with E-state index in [1.807, 2.05) is 12.1 Å². The van der Waals surface area contributed by atoms with Crippen molar-refractivity contribution in [2.75, 3.05) is 27.9 Å². The SMILES string of the molecule is COc1cc(-c2[nH]c3c(C)ccc(C)c3c2CCCCN)cc(OC)c1OC. The molecule has 3 aromatic rings. The van der Waals surface area contributed by atoms with Crippen molar-refractivity contribution in [1.82, 2.24) is 4.98 Å². The molecule has 0 fully saturated rings. The lowest BCUT2D eigenvalue weighted by molar-refractivity contribution is 0.324. The zero-order valence-corrected chi connectivity index (χ0v) is 17.4. The maximum absolute atomic E-state index is 5.74. The maximum Gasteiger partial charge on any atom is 0.203 e. The molecule has 0 bridgehead atoms. The number of ether oxygens (including phenoxy) is 3. The van der Waals surface area contributed by atoms with Gasteiger partial charge in [0, 0.05) is 22.2 Å². The summed E-state index contributed by atoms with van der Waals surface area (Å²) in [5.74, 6) is 1.90. The molecule has 0 saturated heterocycles. The number of aromatic amines is 1. The van der Waals surface area contributed by atoms with Crippen molar-refractivity contribution in [3.05, 3.63) is 41.0 Å². The van der Waals surface area contributed by atoms with Gasteiger partial charge in [0.1, 0.15) is 0 Å². The molecule has 0 aliphatic rings. The van der Waals surface area contributed by atoms with Crippen molar-refractivity contribution in [2.24, 2.45) is 5.73 Å². The largest absolute Gasteiger partial charge is 0.493 e. The highest BCUT2D eigenvalue weighted by Crippen LogP contribution is 2.43. The Bertz CT molecular complexity index is 951. The number of hydrogen-bond acceptors (Lipinski definition) is 4. The third kappa shape index (κ3) is 3.54. The molecule has 0 amide bonds. The minimum atomic E-state index is 0.599. The zero-order chi connectivity index (χ0) is 20.3. The van der Waals surface area contributed by atoms with Gasteiger partial charge in [-0.2, -0.15) is 0 Å². The molecular weight excluding hydrogens is 352 g/mol. The second-order valence-electron chi connectivity index (χ2n) is 7.09. The van der Waals surface area contributed by atoms with E-state index in [4.69, 9.17) is 19.9 Å². The fourth-order valence-electron chi connectivity index (χ4n) is 3.85. The van der Waals surface area contributed by atoms with Crippen LogP contribution in [0.15, 0.2) is 24.3 Å². The summed E-state index contributed by atoms with van der Waals surface area (Å²) in [6.45, 7) is 5.02. The first-order valence-electron chi connectivity index (χ1n) is 9.66. The summed E-state index contributed by atoms with van der Waals surface area (Å²) < 4.78 is 16.6. The van der Waals surface area contributed by atoms with Crippen molar-refractivity contribution in [1.29, 1.82) is 0 Å². The van der Waals surface area contributed by atoms with E-state index in [1.165, 1.54) is 27.6 Å². The Morgan fingerprint density at radius 3 is 2.11 bits per heavy atom. The highest BCUT2D eigenvalue weighted by atomic mass is 16.5. The number of aromatic nitrogens is 1. The third-order valence-electron chi connectivity index (χ3n) is 5.31. The monoisotopic (exact) mass is 382 g/mol. The first-order chi connectivity index (χ1) is 13.5. The quantitative estimate of drug-likeness (QED) is 0.551. The van der Waals surface area contributed by atoms with Crippen LogP contribution in [-0.2, 0) is 6.42 Å². The highest BCUT2D eigenvalue weighted by molar-refractivity contribution is 5.95. The summed E-state index contributed by atoms with van der Waals surface area (Å²) >= 11 is 0. The van der Waals surface area contributed by atoms with Crippen LogP contribution in [0, 0.1) is 13.8 Å². The fraction of sp³-hybridized carbons (Fsp3) is 0.391. The summed E-state index contributed by atoms with van der Waals surface area (Å²) in [7, 11) is 4.90. The molecule has 3 N–H and O–H groups in total. The van der Waals surface area contributed by atoms with Gasteiger partial charge in [0.05, 0.1) is 21.3 Å². The number of nitrogens with one attached hydrogen (secondary N) is 1. The Labute approximate surface area is 166 Å². The minimum Gasteiger partial charge on any atom is -0.493 e. The van der Waals surface area contributed by atoms with Gasteiger partial charge in [-0.3, -0.25) is 0 Å². The van der Waals surface area contributed by atoms with Crippen molar-refractivity contribution in [2.45, 2.75) is 33.1 Å². The first-order valence-corrected chi connectivity index (χ1v) is 9.66. The van der Waals surface area contributed by atoms with Gasteiger partial charge < -0.3 is 24.9 Å². The number of nitrogens with two attached hydrogens (primary N) is 1. The molecule has 3 rings (SSSR count). The molecule has 0 spiro atoms. The predicted octanol–water partition coefficient (Wildman–Crippen LogP) is 4.76. The van der Waals surface area contributed by atoms with Crippen LogP contribution in [0.2, 0.25) is 0 Å². The van der Waals surface area contributed by atoms with E-state index in [1.54, 1.807) is 21.3 Å². The Hall–Kier alpha value is -2.66. The average Bonchev–Trinajstić information content (AvgIpc) is 3.10. The van der Waals surface area contributed by atoms with Crippen LogP contribution in [0.1, 0.15) is 29.5 Å². The molecule has 150 valence electrons. The van der Waals surface area contributed by atoms with Gasteiger partial charge in [0.25, 0.3) is 0 Å². The molecule has 0 unspecified atom stereocenters. The first kappa shape index (κ1) is 20.1. The van der Waals surface area contributed by atoms with Crippen LogP contribution in [0.5, 0.6) is 17.2 Å². The molecule has 1 aromatic heterocycles. The van der Waals surface area contributed by atoms with E-state index in [0.717, 1.165) is 30.5 Å². The number of fused-ring (bicyclic) bond motifs is 1. The van der Waals surface area contributed by atoms with Crippen LogP contribution < -0.4 is 19.9 Å². The van der Waals surface area contributed by atoms with Crippen LogP contribution >= 0.6 is 0 Å². The van der Waals surface area contributed by atoms with Crippen molar-refractivity contribution in [3.8, 4) is 28.5 Å². The molecule has 0 saturated carbocycles. The van der Waals surface area contributed by atoms with Crippen LogP contribution in [0.25, 0.3) is 22.2 Å². The lowest BCUT2D eigenvalue weighted by atomic mass is 9.96. The fourth-order valence-corrected chi connectivity index (χ4v) is 3.85. The van der Waals surface area contributed by atoms with E-state index in [2.05, 4.69) is 31.0 Å². The van der Waals surface area contributed by atoms with Crippen molar-refractivity contribution < 1.29 is 14.2 Å². The molecule has 5 nitrogen and oxygen atoms in total. The van der Waals surface area contributed by atoms with Gasteiger partial charge in [-0.15, -0.1) is 0 Å². The molecule has 0 aliphatic carbocycles. The standard InChI is InChI=1S/C23H30N2O3/c1-14-9-10-15(2)21-20(14)17(8-6-7-11-24)22(25-21)16-12-18(26-3)23(28-5)19(13-16)27-4/h9-10,12-13,25H,6-8,11,24H2,1-5H3. The van der Waals surface area contributed by atoms with Gasteiger partial charge >= 0.3 is 0 Å². The van der Waals surface area contributed by atoms with E-state index in [0.29, 0.717) is 23.8 Å². The van der Waals surface area contributed by atoms with E-state index in [9.17, 15) is 0 Å². The number of benzene rings is 2. The Kier molecular flexibility index (Phi) is 6.15. The molecule has 5 heteroatoms. The van der Waals surface area contributed by atoms with Crippen molar-refractivity contribution >= 4 is 10.9 Å². The molecular formula is C23H30N2O3. The number of H-pyrrole nitrogens is 1. The summed E-state index contributed by atoms with van der Waals surface area (Å²) in [6, 6.07) is 8.36. The Morgan fingerprint density at radius 1 is 0.893 bits per heavy atom. The number of aryl methyl sites for hydroxylation is 3. The normalized spacial score (nSPS) is 11.1.